The van der Waals surface area contributed by atoms with Gasteiger partial charge in [-0.15, -0.1) is 0 Å². The quantitative estimate of drug-likeness (QED) is 0.570. The molecule has 0 spiro atoms. The van der Waals surface area contributed by atoms with Crippen molar-refractivity contribution in [2.24, 2.45) is 10.4 Å². The van der Waals surface area contributed by atoms with Crippen LogP contribution in [0.25, 0.3) is 0 Å². The van der Waals surface area contributed by atoms with E-state index in [-0.39, 0.29) is 17.1 Å². The number of aliphatic imine (C=N–C) groups is 1. The second-order valence-corrected chi connectivity index (χ2v) is 6.36. The Labute approximate surface area is 118 Å². The fourth-order valence-electron chi connectivity index (χ4n) is 1.52. The maximum atomic E-state index is 5.51. The van der Waals surface area contributed by atoms with E-state index in [0.29, 0.717) is 13.1 Å². The maximum absolute atomic E-state index is 5.51. The number of methoxy groups -OCH3 is 2. The minimum atomic E-state index is -0.220. The van der Waals surface area contributed by atoms with Crippen molar-refractivity contribution in [3.05, 3.63) is 0 Å². The Morgan fingerprint density at radius 2 is 1.68 bits per heavy atom. The van der Waals surface area contributed by atoms with E-state index < -0.39 is 0 Å². The maximum Gasteiger partial charge on any atom is 0.191 e. The normalized spacial score (nSPS) is 15.3. The summed E-state index contributed by atoms with van der Waals surface area (Å²) < 4.78 is 10.9. The molecule has 0 aromatic heterocycles. The molecule has 19 heavy (non-hydrogen) atoms. The van der Waals surface area contributed by atoms with Gasteiger partial charge in [-0.3, -0.25) is 4.99 Å². The lowest BCUT2D eigenvalue weighted by Gasteiger charge is -2.30. The standard InChI is InChI=1S/C14H31N3O2/c1-13(2,3)11(18-7)9-16-12(15-6)17-10-14(4,5)19-8/h11H,9-10H2,1-8H3,(H2,15,16,17). The van der Waals surface area contributed by atoms with Gasteiger partial charge in [-0.2, -0.15) is 0 Å². The molecule has 5 nitrogen and oxygen atoms in total. The van der Waals surface area contributed by atoms with Crippen molar-refractivity contribution in [2.75, 3.05) is 34.4 Å². The first-order valence-corrected chi connectivity index (χ1v) is 6.68. The third-order valence-electron chi connectivity index (χ3n) is 3.16. The lowest BCUT2D eigenvalue weighted by atomic mass is 9.89. The molecule has 0 aromatic rings. The number of rotatable bonds is 6. The smallest absolute Gasteiger partial charge is 0.191 e. The Balaban J connectivity index is 4.29. The fourth-order valence-corrected chi connectivity index (χ4v) is 1.52. The zero-order chi connectivity index (χ0) is 15.1. The van der Waals surface area contributed by atoms with E-state index >= 15 is 0 Å². The summed E-state index contributed by atoms with van der Waals surface area (Å²) in [7, 11) is 5.20. The molecule has 0 bridgehead atoms. The average Bonchev–Trinajstić information content (AvgIpc) is 2.32. The second kappa shape index (κ2) is 7.70. The third-order valence-corrected chi connectivity index (χ3v) is 3.16. The van der Waals surface area contributed by atoms with Gasteiger partial charge in [0.25, 0.3) is 0 Å². The molecule has 0 rings (SSSR count). The molecule has 1 unspecified atom stereocenters. The molecule has 0 saturated heterocycles. The SMILES string of the molecule is CN=C(NCC(OC)C(C)(C)C)NCC(C)(C)OC. The Morgan fingerprint density at radius 3 is 2.05 bits per heavy atom. The minimum Gasteiger partial charge on any atom is -0.379 e. The van der Waals surface area contributed by atoms with Crippen molar-refractivity contribution in [3.8, 4) is 0 Å². The Kier molecular flexibility index (Phi) is 7.37. The summed E-state index contributed by atoms with van der Waals surface area (Å²) in [6.45, 7) is 11.9. The molecule has 114 valence electrons. The van der Waals surface area contributed by atoms with Crippen LogP contribution in [0.3, 0.4) is 0 Å². The lowest BCUT2D eigenvalue weighted by Crippen LogP contribution is -2.48. The predicted octanol–water partition coefficient (Wildman–Crippen LogP) is 1.64. The number of nitrogens with zero attached hydrogens (tertiary/aromatic N) is 1. The minimum absolute atomic E-state index is 0.0897. The monoisotopic (exact) mass is 273 g/mol. The fraction of sp³-hybridized carbons (Fsp3) is 0.929. The van der Waals surface area contributed by atoms with Crippen molar-refractivity contribution in [1.82, 2.24) is 10.6 Å². The molecule has 5 heteroatoms. The van der Waals surface area contributed by atoms with Crippen LogP contribution in [0.5, 0.6) is 0 Å². The largest absolute Gasteiger partial charge is 0.379 e. The summed E-state index contributed by atoms with van der Waals surface area (Å²) in [4.78, 5) is 4.20. The van der Waals surface area contributed by atoms with E-state index in [1.807, 2.05) is 13.8 Å². The van der Waals surface area contributed by atoms with Crippen LogP contribution in [0.1, 0.15) is 34.6 Å². The van der Waals surface area contributed by atoms with Gasteiger partial charge in [0.15, 0.2) is 5.96 Å². The van der Waals surface area contributed by atoms with Crippen molar-refractivity contribution in [3.63, 3.8) is 0 Å². The summed E-state index contributed by atoms with van der Waals surface area (Å²) in [6.07, 6.45) is 0.126. The molecule has 0 radical (unpaired) electrons. The molecule has 0 fully saturated rings. The highest BCUT2D eigenvalue weighted by Crippen LogP contribution is 2.20. The number of hydrogen-bond acceptors (Lipinski definition) is 3. The van der Waals surface area contributed by atoms with Crippen molar-refractivity contribution in [2.45, 2.75) is 46.3 Å². The van der Waals surface area contributed by atoms with Crippen LogP contribution in [0.2, 0.25) is 0 Å². The van der Waals surface area contributed by atoms with Crippen LogP contribution in [-0.4, -0.2) is 52.0 Å². The summed E-state index contributed by atoms with van der Waals surface area (Å²) in [5.74, 6) is 0.761. The van der Waals surface area contributed by atoms with Crippen LogP contribution in [0.15, 0.2) is 4.99 Å². The van der Waals surface area contributed by atoms with Gasteiger partial charge in [-0.1, -0.05) is 20.8 Å². The first kappa shape index (κ1) is 18.2. The van der Waals surface area contributed by atoms with Crippen LogP contribution in [0, 0.1) is 5.41 Å². The van der Waals surface area contributed by atoms with E-state index in [4.69, 9.17) is 9.47 Å². The zero-order valence-electron chi connectivity index (χ0n) is 13.8. The van der Waals surface area contributed by atoms with E-state index in [1.54, 1.807) is 21.3 Å². The van der Waals surface area contributed by atoms with E-state index in [9.17, 15) is 0 Å². The molecule has 0 saturated carbocycles. The van der Waals surface area contributed by atoms with Crippen molar-refractivity contribution >= 4 is 5.96 Å². The van der Waals surface area contributed by atoms with Crippen molar-refractivity contribution < 1.29 is 9.47 Å². The van der Waals surface area contributed by atoms with Gasteiger partial charge >= 0.3 is 0 Å². The number of nitrogens with one attached hydrogen (secondary N) is 2. The molecule has 0 heterocycles. The highest BCUT2D eigenvalue weighted by Gasteiger charge is 2.24. The Bertz CT molecular complexity index is 283. The van der Waals surface area contributed by atoms with Gasteiger partial charge in [0, 0.05) is 34.4 Å². The number of guanidine groups is 1. The molecule has 0 amide bonds. The molecule has 0 aromatic carbocycles. The highest BCUT2D eigenvalue weighted by molar-refractivity contribution is 5.79. The predicted molar refractivity (Wildman–Crippen MR) is 80.7 cm³/mol. The van der Waals surface area contributed by atoms with Crippen molar-refractivity contribution in [1.29, 1.82) is 0 Å². The third kappa shape index (κ3) is 7.38. The van der Waals surface area contributed by atoms with Gasteiger partial charge in [-0.25, -0.2) is 0 Å². The molecule has 0 aliphatic rings. The van der Waals surface area contributed by atoms with Crippen LogP contribution >= 0.6 is 0 Å². The lowest BCUT2D eigenvalue weighted by molar-refractivity contribution is 0.0195. The van der Waals surface area contributed by atoms with E-state index in [1.165, 1.54) is 0 Å². The first-order valence-electron chi connectivity index (χ1n) is 6.68. The second-order valence-electron chi connectivity index (χ2n) is 6.36. The first-order chi connectivity index (χ1) is 8.66. The van der Waals surface area contributed by atoms with Gasteiger partial charge in [-0.05, 0) is 19.3 Å². The Hall–Kier alpha value is -0.810. The molecular weight excluding hydrogens is 242 g/mol. The summed E-state index contributed by atoms with van der Waals surface area (Å²) in [6, 6.07) is 0. The average molecular weight is 273 g/mol. The summed E-state index contributed by atoms with van der Waals surface area (Å²) in [5.41, 5.74) is -0.130. The molecule has 1 atom stereocenters. The summed E-state index contributed by atoms with van der Waals surface area (Å²) >= 11 is 0. The van der Waals surface area contributed by atoms with Gasteiger partial charge in [0.05, 0.1) is 11.7 Å². The topological polar surface area (TPSA) is 54.9 Å². The Morgan fingerprint density at radius 1 is 1.11 bits per heavy atom. The molecule has 0 aliphatic carbocycles. The van der Waals surface area contributed by atoms with E-state index in [2.05, 4.69) is 36.4 Å². The highest BCUT2D eigenvalue weighted by atomic mass is 16.5. The van der Waals surface area contributed by atoms with Crippen LogP contribution in [0.4, 0.5) is 0 Å². The van der Waals surface area contributed by atoms with Crippen LogP contribution < -0.4 is 10.6 Å². The zero-order valence-corrected chi connectivity index (χ0v) is 13.8. The molecular formula is C14H31N3O2. The van der Waals surface area contributed by atoms with E-state index in [0.717, 1.165) is 5.96 Å². The molecule has 2 N–H and O–H groups in total. The van der Waals surface area contributed by atoms with Gasteiger partial charge in [0.2, 0.25) is 0 Å². The molecule has 0 aliphatic heterocycles. The van der Waals surface area contributed by atoms with Crippen LogP contribution in [-0.2, 0) is 9.47 Å². The van der Waals surface area contributed by atoms with Gasteiger partial charge in [0.1, 0.15) is 0 Å². The number of ether oxygens (including phenoxy) is 2. The summed E-state index contributed by atoms with van der Waals surface area (Å²) in [5, 5.41) is 6.53. The van der Waals surface area contributed by atoms with Gasteiger partial charge < -0.3 is 20.1 Å². The number of hydrogen-bond donors (Lipinski definition) is 2.